The third-order valence-corrected chi connectivity index (χ3v) is 20.8. The Morgan fingerprint density at radius 2 is 1.53 bits per heavy atom. The summed E-state index contributed by atoms with van der Waals surface area (Å²) in [4.78, 5) is 13.1. The molecule has 7 nitrogen and oxygen atoms in total. The predicted octanol–water partition coefficient (Wildman–Crippen LogP) is 10.7. The zero-order chi connectivity index (χ0) is 42.1. The number of carboxylic acid groups (broad SMARTS) is 1. The largest absolute Gasteiger partial charge is 0.481 e. The quantitative estimate of drug-likeness (QED) is 0.130. The van der Waals surface area contributed by atoms with Crippen molar-refractivity contribution in [3.63, 3.8) is 0 Å². The van der Waals surface area contributed by atoms with Gasteiger partial charge in [-0.2, -0.15) is 0 Å². The van der Waals surface area contributed by atoms with Gasteiger partial charge in [-0.15, -0.1) is 0 Å². The van der Waals surface area contributed by atoms with Crippen LogP contribution in [0.15, 0.2) is 24.3 Å². The number of aliphatic hydroxyl groups excluding tert-OH is 2. The van der Waals surface area contributed by atoms with Crippen LogP contribution < -0.4 is 0 Å². The molecule has 0 amide bonds. The first kappa shape index (κ1) is 44.1. The Labute approximate surface area is 357 Å². The maximum atomic E-state index is 13.1. The first-order valence-corrected chi connectivity index (χ1v) is 24.6. The van der Waals surface area contributed by atoms with E-state index in [9.17, 15) is 25.2 Å². The minimum absolute atomic E-state index is 0.00483. The van der Waals surface area contributed by atoms with Gasteiger partial charge in [0.15, 0.2) is 5.79 Å². The van der Waals surface area contributed by atoms with Gasteiger partial charge in [0.2, 0.25) is 0 Å². The molecule has 59 heavy (non-hydrogen) atoms. The molecule has 7 fully saturated rings. The summed E-state index contributed by atoms with van der Waals surface area (Å²) < 4.78 is 12.4. The summed E-state index contributed by atoms with van der Waals surface area (Å²) >= 11 is 0. The van der Waals surface area contributed by atoms with Gasteiger partial charge in [-0.3, -0.25) is 4.79 Å². The van der Waals surface area contributed by atoms with Gasteiger partial charge in [-0.25, -0.2) is 0 Å². The summed E-state index contributed by atoms with van der Waals surface area (Å²) in [6.45, 7) is 12.4. The Balaban J connectivity index is 1.19. The molecule has 2 bridgehead atoms. The highest BCUT2D eigenvalue weighted by molar-refractivity contribution is 5.74. The van der Waals surface area contributed by atoms with Crippen LogP contribution in [0.4, 0.5) is 0 Å². The molecular weight excluding hydrogens is 737 g/mol. The van der Waals surface area contributed by atoms with E-state index in [1.807, 2.05) is 6.92 Å². The average molecular weight is 819 g/mol. The molecule has 0 aromatic heterocycles. The van der Waals surface area contributed by atoms with Gasteiger partial charge in [-0.1, -0.05) is 110 Å². The molecule has 1 saturated heterocycles. The molecule has 1 aliphatic heterocycles. The van der Waals surface area contributed by atoms with Crippen LogP contribution in [0.3, 0.4) is 0 Å². The molecule has 1 aromatic rings. The number of benzene rings is 1. The van der Waals surface area contributed by atoms with E-state index in [1.54, 1.807) is 7.11 Å². The number of hydrogen-bond donors (Lipinski definition) is 4. The zero-order valence-electron chi connectivity index (χ0n) is 38.0. The van der Waals surface area contributed by atoms with E-state index in [2.05, 4.69) is 52.0 Å². The molecule has 332 valence electrons. The van der Waals surface area contributed by atoms with E-state index in [-0.39, 0.29) is 47.2 Å². The second-order valence-corrected chi connectivity index (χ2v) is 23.1. The third kappa shape index (κ3) is 6.43. The van der Waals surface area contributed by atoms with Crippen molar-refractivity contribution >= 4 is 5.97 Å². The first-order valence-electron chi connectivity index (χ1n) is 24.6. The zero-order valence-corrected chi connectivity index (χ0v) is 38.0. The summed E-state index contributed by atoms with van der Waals surface area (Å²) in [6.07, 6.45) is 22.4. The van der Waals surface area contributed by atoms with Gasteiger partial charge in [0.1, 0.15) is 0 Å². The fraction of sp³-hybridized carbons (Fsp3) is 0.865. The number of unbranched alkanes of at least 4 members (excludes halogenated alkanes) is 2. The Bertz CT molecular complexity index is 1660. The number of hydrogen-bond acceptors (Lipinski definition) is 6. The van der Waals surface area contributed by atoms with Gasteiger partial charge >= 0.3 is 5.97 Å². The fourth-order valence-corrected chi connectivity index (χ4v) is 17.7. The van der Waals surface area contributed by atoms with Crippen molar-refractivity contribution in [3.05, 3.63) is 35.4 Å². The van der Waals surface area contributed by atoms with Crippen LogP contribution in [0.1, 0.15) is 181 Å². The Hall–Kier alpha value is -1.51. The average Bonchev–Trinajstić information content (AvgIpc) is 3.78. The second-order valence-electron chi connectivity index (χ2n) is 23.1. The molecule has 1 aromatic carbocycles. The molecule has 7 aliphatic rings. The van der Waals surface area contributed by atoms with Crippen LogP contribution in [-0.4, -0.2) is 64.7 Å². The number of carbonyl (C=O) groups is 1. The lowest BCUT2D eigenvalue weighted by molar-refractivity contribution is -0.339. The molecule has 1 heterocycles. The minimum Gasteiger partial charge on any atom is -0.481 e. The number of aliphatic carboxylic acids is 1. The molecule has 4 N–H and O–H groups in total. The molecule has 13 unspecified atom stereocenters. The molecule has 1 spiro atoms. The normalized spacial score (nSPS) is 46.6. The van der Waals surface area contributed by atoms with Gasteiger partial charge in [0.25, 0.3) is 0 Å². The van der Waals surface area contributed by atoms with Crippen molar-refractivity contribution in [2.24, 2.45) is 61.6 Å². The maximum Gasteiger partial charge on any atom is 0.309 e. The van der Waals surface area contributed by atoms with E-state index in [1.165, 1.54) is 62.5 Å². The monoisotopic (exact) mass is 819 g/mol. The highest BCUT2D eigenvalue weighted by Crippen LogP contribution is 2.84. The maximum absolute atomic E-state index is 13.1. The van der Waals surface area contributed by atoms with Gasteiger partial charge in [0, 0.05) is 30.3 Å². The number of carboxylic acids is 1. The number of rotatable bonds is 15. The van der Waals surface area contributed by atoms with Crippen LogP contribution in [0.2, 0.25) is 0 Å². The topological polar surface area (TPSA) is 116 Å². The predicted molar refractivity (Wildman–Crippen MR) is 233 cm³/mol. The van der Waals surface area contributed by atoms with Crippen molar-refractivity contribution in [2.75, 3.05) is 20.3 Å². The third-order valence-electron chi connectivity index (χ3n) is 20.8. The van der Waals surface area contributed by atoms with Crippen molar-refractivity contribution in [1.29, 1.82) is 0 Å². The standard InChI is InChI=1S/C52H82O7/c1-7-13-40-50-24-21-39-47(4)28-27-45(2)25-26-46(3,44(55)56)33-41(45)49(47,23-12-8-9-14-36-15-10-11-16-36)30-29-48(39,5)51(50,35-53)42(54)34-52(40,57)59-43(50)32-38-19-17-37(18-20-38)22-31-58-6/h17-20,36,39-43,53-54,57H,7-16,21-35H2,1-6H3,(H,55,56). The van der Waals surface area contributed by atoms with Gasteiger partial charge in [-0.05, 0) is 141 Å². The SMILES string of the molecule is CCCC1C2(O)CC(O)C3(CO)C4(C)CCC5(CCCCCC6CCCC6)C6CC(C)(C(=O)O)CCC6(C)CCC5(C)C4CCC13C(Cc1ccc(CCOC)cc1)O2. The molecule has 6 saturated carbocycles. The molecule has 8 rings (SSSR count). The van der Waals surface area contributed by atoms with Crippen molar-refractivity contribution in [1.82, 2.24) is 0 Å². The minimum atomic E-state index is -1.43. The van der Waals surface area contributed by atoms with Crippen molar-refractivity contribution in [3.8, 4) is 0 Å². The Morgan fingerprint density at radius 3 is 2.20 bits per heavy atom. The summed E-state index contributed by atoms with van der Waals surface area (Å²) in [7, 11) is 1.74. The van der Waals surface area contributed by atoms with E-state index >= 15 is 0 Å². The first-order chi connectivity index (χ1) is 28.1. The lowest BCUT2D eigenvalue weighted by Gasteiger charge is -2.78. The van der Waals surface area contributed by atoms with Crippen LogP contribution in [0, 0.1) is 61.6 Å². The molecule has 13 atom stereocenters. The number of methoxy groups -OCH3 is 1. The lowest BCUT2D eigenvalue weighted by Crippen LogP contribution is -2.77. The number of aliphatic hydroxyl groups is 3. The van der Waals surface area contributed by atoms with E-state index in [0.29, 0.717) is 18.9 Å². The Morgan fingerprint density at radius 1 is 0.831 bits per heavy atom. The Kier molecular flexibility index (Phi) is 11.9. The molecule has 6 aliphatic carbocycles. The fourth-order valence-electron chi connectivity index (χ4n) is 17.7. The summed E-state index contributed by atoms with van der Waals surface area (Å²) in [5, 5.41) is 48.6. The van der Waals surface area contributed by atoms with E-state index in [4.69, 9.17) is 9.47 Å². The van der Waals surface area contributed by atoms with Gasteiger partial charge in [0.05, 0.1) is 30.8 Å². The van der Waals surface area contributed by atoms with E-state index in [0.717, 1.165) is 89.4 Å². The van der Waals surface area contributed by atoms with Crippen LogP contribution in [-0.2, 0) is 27.1 Å². The highest BCUT2D eigenvalue weighted by Gasteiger charge is 2.84. The molecular formula is C52H82O7. The summed E-state index contributed by atoms with van der Waals surface area (Å²) in [5.74, 6) is -0.750. The van der Waals surface area contributed by atoms with E-state index < -0.39 is 39.5 Å². The summed E-state index contributed by atoms with van der Waals surface area (Å²) in [5.41, 5.74) is -0.131. The smallest absolute Gasteiger partial charge is 0.309 e. The van der Waals surface area contributed by atoms with Crippen molar-refractivity contribution < 1.29 is 34.7 Å². The molecule has 7 heteroatoms. The van der Waals surface area contributed by atoms with Crippen LogP contribution in [0.5, 0.6) is 0 Å². The second kappa shape index (κ2) is 15.9. The van der Waals surface area contributed by atoms with Crippen molar-refractivity contribution in [2.45, 2.75) is 200 Å². The number of fused-ring (bicyclic) bond motifs is 7. The molecule has 0 radical (unpaired) electrons. The van der Waals surface area contributed by atoms with Crippen LogP contribution >= 0.6 is 0 Å². The number of ether oxygens (including phenoxy) is 2. The summed E-state index contributed by atoms with van der Waals surface area (Å²) in [6, 6.07) is 8.78. The van der Waals surface area contributed by atoms with Crippen LogP contribution in [0.25, 0.3) is 0 Å². The highest BCUT2D eigenvalue weighted by atomic mass is 16.6. The van der Waals surface area contributed by atoms with Gasteiger partial charge < -0.3 is 29.9 Å². The lowest BCUT2D eigenvalue weighted by atomic mass is 9.25.